The standard InChI is InChI=1S/C19H20ClFN2OS2/c1-2-10-24-15-6-3-5-14(12-15)23-19(25)22-9-11-26-13-16-17(20)7-4-8-18(16)21/h2-8,12H,1,9-11,13H2,(H2,22,23,25). The van der Waals surface area contributed by atoms with Crippen LogP contribution >= 0.6 is 35.6 Å². The highest BCUT2D eigenvalue weighted by Crippen LogP contribution is 2.23. The molecule has 0 aliphatic carbocycles. The molecule has 0 saturated carbocycles. The van der Waals surface area contributed by atoms with E-state index in [-0.39, 0.29) is 5.82 Å². The normalized spacial score (nSPS) is 10.2. The van der Waals surface area contributed by atoms with Gasteiger partial charge in [0.05, 0.1) is 0 Å². The van der Waals surface area contributed by atoms with Gasteiger partial charge in [0.25, 0.3) is 0 Å². The van der Waals surface area contributed by atoms with Gasteiger partial charge in [-0.1, -0.05) is 36.4 Å². The first-order valence-corrected chi connectivity index (χ1v) is 9.93. The van der Waals surface area contributed by atoms with Crippen LogP contribution in [0.25, 0.3) is 0 Å². The van der Waals surface area contributed by atoms with Crippen molar-refractivity contribution in [2.45, 2.75) is 5.75 Å². The quantitative estimate of drug-likeness (QED) is 0.334. The lowest BCUT2D eigenvalue weighted by Crippen LogP contribution is -2.30. The summed E-state index contributed by atoms with van der Waals surface area (Å²) in [5.41, 5.74) is 1.38. The zero-order valence-electron chi connectivity index (χ0n) is 14.1. The van der Waals surface area contributed by atoms with E-state index in [9.17, 15) is 4.39 Å². The first-order valence-electron chi connectivity index (χ1n) is 7.99. The summed E-state index contributed by atoms with van der Waals surface area (Å²) in [6.07, 6.45) is 1.69. The van der Waals surface area contributed by atoms with Gasteiger partial charge in [0.15, 0.2) is 5.11 Å². The van der Waals surface area contributed by atoms with Crippen molar-refractivity contribution in [2.75, 3.05) is 24.2 Å². The molecule has 2 aromatic rings. The summed E-state index contributed by atoms with van der Waals surface area (Å²) in [6.45, 7) is 4.74. The smallest absolute Gasteiger partial charge is 0.170 e. The Labute approximate surface area is 168 Å². The fourth-order valence-electron chi connectivity index (χ4n) is 2.08. The zero-order valence-corrected chi connectivity index (χ0v) is 16.5. The first-order chi connectivity index (χ1) is 12.6. The van der Waals surface area contributed by atoms with Crippen molar-refractivity contribution in [3.8, 4) is 5.75 Å². The zero-order chi connectivity index (χ0) is 18.8. The number of nitrogens with one attached hydrogen (secondary N) is 2. The molecule has 0 heterocycles. The number of thioether (sulfide) groups is 1. The minimum absolute atomic E-state index is 0.270. The average molecular weight is 411 g/mol. The minimum Gasteiger partial charge on any atom is -0.489 e. The fraction of sp³-hybridized carbons (Fsp3) is 0.211. The molecule has 0 radical (unpaired) electrons. The van der Waals surface area contributed by atoms with E-state index >= 15 is 0 Å². The lowest BCUT2D eigenvalue weighted by molar-refractivity contribution is 0.363. The molecule has 26 heavy (non-hydrogen) atoms. The molecule has 0 aliphatic heterocycles. The van der Waals surface area contributed by atoms with Gasteiger partial charge in [0, 0.05) is 40.4 Å². The lowest BCUT2D eigenvalue weighted by atomic mass is 10.2. The number of ether oxygens (including phenoxy) is 1. The van der Waals surface area contributed by atoms with Crippen LogP contribution in [0.5, 0.6) is 5.75 Å². The van der Waals surface area contributed by atoms with E-state index in [0.717, 1.165) is 17.2 Å². The SMILES string of the molecule is C=CCOc1cccc(NC(=S)NCCSCc2c(F)cccc2Cl)c1. The number of anilines is 1. The van der Waals surface area contributed by atoms with Crippen molar-refractivity contribution in [1.29, 1.82) is 0 Å². The molecule has 2 N–H and O–H groups in total. The van der Waals surface area contributed by atoms with Crippen LogP contribution in [0.3, 0.4) is 0 Å². The molecule has 0 fully saturated rings. The van der Waals surface area contributed by atoms with Gasteiger partial charge in [0.1, 0.15) is 18.2 Å². The van der Waals surface area contributed by atoms with E-state index in [4.69, 9.17) is 28.6 Å². The first kappa shape index (κ1) is 20.6. The molecule has 2 aromatic carbocycles. The fourth-order valence-corrected chi connectivity index (χ4v) is 3.49. The second kappa shape index (κ2) is 11.1. The highest BCUT2D eigenvalue weighted by molar-refractivity contribution is 7.98. The Balaban J connectivity index is 1.70. The second-order valence-corrected chi connectivity index (χ2v) is 7.18. The topological polar surface area (TPSA) is 33.3 Å². The van der Waals surface area contributed by atoms with E-state index < -0.39 is 0 Å². The third-order valence-corrected chi connectivity index (χ3v) is 4.89. The Hall–Kier alpha value is -1.76. The van der Waals surface area contributed by atoms with Gasteiger partial charge in [0.2, 0.25) is 0 Å². The van der Waals surface area contributed by atoms with Gasteiger partial charge in [-0.15, -0.1) is 0 Å². The molecule has 0 amide bonds. The summed E-state index contributed by atoms with van der Waals surface area (Å²) in [6, 6.07) is 12.3. The van der Waals surface area contributed by atoms with Crippen LogP contribution in [0.1, 0.15) is 5.56 Å². The maximum atomic E-state index is 13.7. The van der Waals surface area contributed by atoms with Gasteiger partial charge >= 0.3 is 0 Å². The van der Waals surface area contributed by atoms with Gasteiger partial charge in [-0.2, -0.15) is 11.8 Å². The number of hydrogen-bond acceptors (Lipinski definition) is 3. The monoisotopic (exact) mass is 410 g/mol. The largest absolute Gasteiger partial charge is 0.489 e. The lowest BCUT2D eigenvalue weighted by Gasteiger charge is -2.12. The molecule has 0 unspecified atom stereocenters. The molecular formula is C19H20ClFN2OS2. The van der Waals surface area contributed by atoms with Crippen LogP contribution in [0.15, 0.2) is 55.1 Å². The highest BCUT2D eigenvalue weighted by atomic mass is 35.5. The Kier molecular flexibility index (Phi) is 8.74. The van der Waals surface area contributed by atoms with Crippen LogP contribution in [0.4, 0.5) is 10.1 Å². The summed E-state index contributed by atoms with van der Waals surface area (Å²) in [5.74, 6) is 1.77. The molecule has 2 rings (SSSR count). The predicted octanol–water partition coefficient (Wildman–Crippen LogP) is 5.26. The van der Waals surface area contributed by atoms with Crippen LogP contribution in [0, 0.1) is 5.82 Å². The Bertz CT molecular complexity index is 738. The van der Waals surface area contributed by atoms with E-state index in [0.29, 0.717) is 34.6 Å². The average Bonchev–Trinajstić information content (AvgIpc) is 2.62. The summed E-state index contributed by atoms with van der Waals surface area (Å²) in [7, 11) is 0. The van der Waals surface area contributed by atoms with Gasteiger partial charge < -0.3 is 15.4 Å². The molecule has 3 nitrogen and oxygen atoms in total. The summed E-state index contributed by atoms with van der Waals surface area (Å²) < 4.78 is 19.2. The molecular weight excluding hydrogens is 391 g/mol. The summed E-state index contributed by atoms with van der Waals surface area (Å²) in [5, 5.41) is 7.22. The molecule has 0 spiro atoms. The van der Waals surface area contributed by atoms with Crippen LogP contribution in [-0.4, -0.2) is 24.0 Å². The van der Waals surface area contributed by atoms with Gasteiger partial charge in [-0.3, -0.25) is 0 Å². The highest BCUT2D eigenvalue weighted by Gasteiger charge is 2.06. The van der Waals surface area contributed by atoms with Crippen molar-refractivity contribution < 1.29 is 9.13 Å². The van der Waals surface area contributed by atoms with Crippen LogP contribution in [-0.2, 0) is 5.75 Å². The Morgan fingerprint density at radius 3 is 2.88 bits per heavy atom. The number of halogens is 2. The van der Waals surface area contributed by atoms with Crippen molar-refractivity contribution in [2.24, 2.45) is 0 Å². The van der Waals surface area contributed by atoms with E-state index in [1.165, 1.54) is 6.07 Å². The maximum absolute atomic E-state index is 13.7. The summed E-state index contributed by atoms with van der Waals surface area (Å²) >= 11 is 12.9. The van der Waals surface area contributed by atoms with E-state index in [2.05, 4.69) is 17.2 Å². The Morgan fingerprint density at radius 2 is 2.12 bits per heavy atom. The van der Waals surface area contributed by atoms with Crippen molar-refractivity contribution >= 4 is 46.4 Å². The van der Waals surface area contributed by atoms with Gasteiger partial charge in [-0.05, 0) is 36.5 Å². The van der Waals surface area contributed by atoms with E-state index in [1.54, 1.807) is 30.0 Å². The second-order valence-electron chi connectivity index (χ2n) is 5.26. The van der Waals surface area contributed by atoms with Crippen molar-refractivity contribution in [3.63, 3.8) is 0 Å². The van der Waals surface area contributed by atoms with Crippen molar-refractivity contribution in [1.82, 2.24) is 5.32 Å². The third kappa shape index (κ3) is 6.86. The van der Waals surface area contributed by atoms with Crippen LogP contribution < -0.4 is 15.4 Å². The number of hydrogen-bond donors (Lipinski definition) is 2. The minimum atomic E-state index is -0.270. The van der Waals surface area contributed by atoms with Gasteiger partial charge in [-0.25, -0.2) is 4.39 Å². The molecule has 0 atom stereocenters. The number of benzene rings is 2. The number of thiocarbonyl (C=S) groups is 1. The van der Waals surface area contributed by atoms with Crippen LogP contribution in [0.2, 0.25) is 5.02 Å². The molecule has 138 valence electrons. The molecule has 0 aromatic heterocycles. The third-order valence-electron chi connectivity index (χ3n) is 3.30. The Morgan fingerprint density at radius 1 is 1.31 bits per heavy atom. The molecule has 0 bridgehead atoms. The molecule has 7 heteroatoms. The molecule has 0 aliphatic rings. The predicted molar refractivity (Wildman–Crippen MR) is 114 cm³/mol. The van der Waals surface area contributed by atoms with Crippen molar-refractivity contribution in [3.05, 3.63) is 71.5 Å². The molecule has 0 saturated heterocycles. The maximum Gasteiger partial charge on any atom is 0.170 e. The summed E-state index contributed by atoms with van der Waals surface area (Å²) in [4.78, 5) is 0. The van der Waals surface area contributed by atoms with E-state index in [1.807, 2.05) is 24.3 Å². The number of rotatable bonds is 9.